The quantitative estimate of drug-likeness (QED) is 0.831. The van der Waals surface area contributed by atoms with Gasteiger partial charge < -0.3 is 0 Å². The van der Waals surface area contributed by atoms with Crippen molar-refractivity contribution < 1.29 is 13.6 Å². The fraction of sp³-hybridized carbons (Fsp3) is 0.0833. The van der Waals surface area contributed by atoms with Gasteiger partial charge in [-0.1, -0.05) is 0 Å². The summed E-state index contributed by atoms with van der Waals surface area (Å²) >= 11 is 0. The van der Waals surface area contributed by atoms with Crippen LogP contribution < -0.4 is 11.1 Å². The van der Waals surface area contributed by atoms with Crippen LogP contribution in [0.4, 0.5) is 8.78 Å². The van der Waals surface area contributed by atoms with Crippen LogP contribution in [-0.2, 0) is 6.54 Å². The van der Waals surface area contributed by atoms with E-state index in [4.69, 9.17) is 0 Å². The van der Waals surface area contributed by atoms with Gasteiger partial charge >= 0.3 is 0 Å². The molecule has 2 rings (SSSR count). The molecule has 1 aromatic carbocycles. The summed E-state index contributed by atoms with van der Waals surface area (Å²) in [6, 6.07) is 4.70. The van der Waals surface area contributed by atoms with E-state index in [1.54, 1.807) is 0 Å². The number of rotatable bonds is 3. The smallest absolute Gasteiger partial charge is 0.265 e. The number of carbonyl (C=O) groups excluding carboxylic acids is 1. The third-order valence-electron chi connectivity index (χ3n) is 2.43. The molecule has 0 fully saturated rings. The number of halogens is 2. The van der Waals surface area contributed by atoms with E-state index >= 15 is 0 Å². The summed E-state index contributed by atoms with van der Waals surface area (Å²) in [5.74, 6) is -2.84. The van der Waals surface area contributed by atoms with Gasteiger partial charge in [-0.05, 0) is 18.2 Å². The molecule has 0 radical (unpaired) electrons. The minimum absolute atomic E-state index is 0.0875. The van der Waals surface area contributed by atoms with Gasteiger partial charge in [-0.15, -0.1) is 0 Å². The molecule has 0 saturated carbocycles. The number of nitrogens with zero attached hydrogens (tertiary/aromatic N) is 1. The molecular weight excluding hydrogens is 258 g/mol. The minimum Gasteiger partial charge on any atom is -0.292 e. The standard InChI is InChI=1S/C12H8F2N2O3/c13-8-2-1-7(5-9(8)14)10(17)6-16-12(19)4-3-11(18)15-16/h1-5H,6H2,(H,15,18). The largest absolute Gasteiger partial charge is 0.292 e. The molecule has 0 aliphatic heterocycles. The predicted molar refractivity (Wildman–Crippen MR) is 62.0 cm³/mol. The fourth-order valence-electron chi connectivity index (χ4n) is 1.48. The molecule has 0 aliphatic carbocycles. The van der Waals surface area contributed by atoms with E-state index in [-0.39, 0.29) is 5.56 Å². The molecule has 1 aromatic heterocycles. The third-order valence-corrected chi connectivity index (χ3v) is 2.43. The average Bonchev–Trinajstić information content (AvgIpc) is 2.37. The van der Waals surface area contributed by atoms with E-state index in [9.17, 15) is 23.2 Å². The number of nitrogens with one attached hydrogen (secondary N) is 1. The summed E-state index contributed by atoms with van der Waals surface area (Å²) in [5.41, 5.74) is -1.20. The summed E-state index contributed by atoms with van der Waals surface area (Å²) in [6.45, 7) is -0.458. The van der Waals surface area contributed by atoms with Gasteiger partial charge in [0.15, 0.2) is 17.4 Å². The number of H-pyrrole nitrogens is 1. The first kappa shape index (κ1) is 12.9. The van der Waals surface area contributed by atoms with Crippen LogP contribution in [0.2, 0.25) is 0 Å². The maximum atomic E-state index is 13.0. The van der Waals surface area contributed by atoms with Gasteiger partial charge in [0.05, 0.1) is 0 Å². The molecule has 0 amide bonds. The predicted octanol–water partition coefficient (Wildman–Crippen LogP) is 0.698. The van der Waals surface area contributed by atoms with Gasteiger partial charge in [-0.3, -0.25) is 19.5 Å². The zero-order valence-corrected chi connectivity index (χ0v) is 9.52. The Labute approximate surface area is 105 Å². The molecule has 0 unspecified atom stereocenters. The van der Waals surface area contributed by atoms with Crippen molar-refractivity contribution in [2.45, 2.75) is 6.54 Å². The molecule has 98 valence electrons. The van der Waals surface area contributed by atoms with Crippen LogP contribution in [0.15, 0.2) is 39.9 Å². The third kappa shape index (κ3) is 2.82. The normalized spacial score (nSPS) is 10.4. The minimum atomic E-state index is -1.15. The second kappa shape index (κ2) is 4.97. The van der Waals surface area contributed by atoms with E-state index in [2.05, 4.69) is 5.10 Å². The summed E-state index contributed by atoms with van der Waals surface area (Å²) in [5, 5.41) is 2.16. The van der Waals surface area contributed by atoms with Crippen molar-refractivity contribution in [1.29, 1.82) is 0 Å². The van der Waals surface area contributed by atoms with Crippen molar-refractivity contribution in [2.75, 3.05) is 0 Å². The van der Waals surface area contributed by atoms with Crippen LogP contribution in [0, 0.1) is 11.6 Å². The van der Waals surface area contributed by atoms with Crippen LogP contribution in [-0.4, -0.2) is 15.6 Å². The Balaban J connectivity index is 2.30. The van der Waals surface area contributed by atoms with Gasteiger partial charge in [-0.2, -0.15) is 0 Å². The van der Waals surface area contributed by atoms with E-state index in [1.165, 1.54) is 0 Å². The monoisotopic (exact) mass is 266 g/mol. The molecule has 2 aromatic rings. The first-order valence-corrected chi connectivity index (χ1v) is 5.26. The molecule has 0 bridgehead atoms. The lowest BCUT2D eigenvalue weighted by atomic mass is 10.1. The average molecular weight is 266 g/mol. The van der Waals surface area contributed by atoms with E-state index in [0.717, 1.165) is 35.0 Å². The first-order chi connectivity index (χ1) is 8.97. The molecule has 7 heteroatoms. The number of carbonyl (C=O) groups is 1. The van der Waals surface area contributed by atoms with Gasteiger partial charge in [0.25, 0.3) is 11.1 Å². The summed E-state index contributed by atoms with van der Waals surface area (Å²) in [6.07, 6.45) is 0. The summed E-state index contributed by atoms with van der Waals surface area (Å²) in [4.78, 5) is 34.2. The second-order valence-electron chi connectivity index (χ2n) is 3.79. The second-order valence-corrected chi connectivity index (χ2v) is 3.79. The maximum absolute atomic E-state index is 13.0. The highest BCUT2D eigenvalue weighted by Crippen LogP contribution is 2.09. The van der Waals surface area contributed by atoms with Crippen LogP contribution in [0.3, 0.4) is 0 Å². The topological polar surface area (TPSA) is 71.9 Å². The Bertz CT molecular complexity index is 749. The summed E-state index contributed by atoms with van der Waals surface area (Å²) in [7, 11) is 0. The number of Topliss-reactive ketones (excluding diaryl/α,β-unsaturated/α-hetero) is 1. The summed E-state index contributed by atoms with van der Waals surface area (Å²) < 4.78 is 26.5. The number of benzene rings is 1. The van der Waals surface area contributed by atoms with Crippen LogP contribution >= 0.6 is 0 Å². The Hall–Kier alpha value is -2.57. The molecule has 0 saturated heterocycles. The highest BCUT2D eigenvalue weighted by atomic mass is 19.2. The first-order valence-electron chi connectivity index (χ1n) is 5.26. The van der Waals surface area contributed by atoms with Crippen LogP contribution in [0.1, 0.15) is 10.4 Å². The highest BCUT2D eigenvalue weighted by molar-refractivity contribution is 5.95. The molecule has 1 N–H and O–H groups in total. The Morgan fingerprint density at radius 1 is 1.11 bits per heavy atom. The van der Waals surface area contributed by atoms with Crippen molar-refractivity contribution in [1.82, 2.24) is 9.78 Å². The van der Waals surface area contributed by atoms with Gasteiger partial charge in [0, 0.05) is 17.7 Å². The zero-order chi connectivity index (χ0) is 14.0. The lowest BCUT2D eigenvalue weighted by molar-refractivity contribution is 0.0965. The van der Waals surface area contributed by atoms with Crippen molar-refractivity contribution >= 4 is 5.78 Å². The van der Waals surface area contributed by atoms with Gasteiger partial charge in [0.2, 0.25) is 0 Å². The van der Waals surface area contributed by atoms with Crippen molar-refractivity contribution in [3.05, 3.63) is 68.2 Å². The molecule has 19 heavy (non-hydrogen) atoms. The molecule has 0 spiro atoms. The van der Waals surface area contributed by atoms with Crippen molar-refractivity contribution in [3.63, 3.8) is 0 Å². The fourth-order valence-corrected chi connectivity index (χ4v) is 1.48. The lowest BCUT2D eigenvalue weighted by Gasteiger charge is -2.04. The van der Waals surface area contributed by atoms with Crippen molar-refractivity contribution in [3.8, 4) is 0 Å². The lowest BCUT2D eigenvalue weighted by Crippen LogP contribution is -2.30. The molecular formula is C12H8F2N2O3. The van der Waals surface area contributed by atoms with E-state index < -0.39 is 35.1 Å². The van der Waals surface area contributed by atoms with Crippen LogP contribution in [0.25, 0.3) is 0 Å². The highest BCUT2D eigenvalue weighted by Gasteiger charge is 2.11. The molecule has 0 aliphatic rings. The van der Waals surface area contributed by atoms with Gasteiger partial charge in [0.1, 0.15) is 6.54 Å². The van der Waals surface area contributed by atoms with E-state index in [0.29, 0.717) is 0 Å². The Morgan fingerprint density at radius 2 is 1.84 bits per heavy atom. The SMILES string of the molecule is O=C(Cn1[nH]c(=O)ccc1=O)c1ccc(F)c(F)c1. The Morgan fingerprint density at radius 3 is 2.53 bits per heavy atom. The zero-order valence-electron chi connectivity index (χ0n) is 9.52. The number of ketones is 1. The van der Waals surface area contributed by atoms with Crippen molar-refractivity contribution in [2.24, 2.45) is 0 Å². The number of hydrogen-bond donors (Lipinski definition) is 1. The van der Waals surface area contributed by atoms with Gasteiger partial charge in [-0.25, -0.2) is 13.5 Å². The molecule has 1 heterocycles. The van der Waals surface area contributed by atoms with E-state index in [1.807, 2.05) is 0 Å². The number of hydrogen-bond acceptors (Lipinski definition) is 3. The maximum Gasteiger partial charge on any atom is 0.265 e. The molecule has 0 atom stereocenters. The molecule has 5 nitrogen and oxygen atoms in total. The number of aromatic amines is 1. The number of aromatic nitrogens is 2. The van der Waals surface area contributed by atoms with Crippen LogP contribution in [0.5, 0.6) is 0 Å². The Kier molecular flexibility index (Phi) is 3.37.